The number of hydrogen-bond acceptors (Lipinski definition) is 2. The lowest BCUT2D eigenvalue weighted by atomic mass is 9.80. The Kier molecular flexibility index (Phi) is 6.97. The summed E-state index contributed by atoms with van der Waals surface area (Å²) < 4.78 is 0. The van der Waals surface area contributed by atoms with Gasteiger partial charge in [0.2, 0.25) is 5.91 Å². The van der Waals surface area contributed by atoms with Crippen LogP contribution in [0.5, 0.6) is 0 Å². The molecular formula is C27H28ClNO2. The van der Waals surface area contributed by atoms with Gasteiger partial charge in [0.25, 0.3) is 0 Å². The van der Waals surface area contributed by atoms with E-state index in [0.717, 1.165) is 27.8 Å². The lowest BCUT2D eigenvalue weighted by molar-refractivity contribution is -0.118. The van der Waals surface area contributed by atoms with E-state index in [1.165, 1.54) is 0 Å². The molecule has 1 amide bonds. The van der Waals surface area contributed by atoms with Gasteiger partial charge in [0.15, 0.2) is 5.78 Å². The Balaban J connectivity index is 1.98. The molecule has 31 heavy (non-hydrogen) atoms. The number of halogens is 1. The Bertz CT molecular complexity index is 1120. The topological polar surface area (TPSA) is 46.2 Å². The highest BCUT2D eigenvalue weighted by Crippen LogP contribution is 2.31. The molecule has 0 bridgehead atoms. The van der Waals surface area contributed by atoms with Crippen LogP contribution in [0, 0.1) is 33.6 Å². The molecule has 2 unspecified atom stereocenters. The molecule has 0 heterocycles. The third-order valence-electron chi connectivity index (χ3n) is 5.99. The molecule has 0 spiro atoms. The van der Waals surface area contributed by atoms with Crippen molar-refractivity contribution in [1.82, 2.24) is 0 Å². The normalized spacial score (nSPS) is 12.8. The molecule has 160 valence electrons. The van der Waals surface area contributed by atoms with Crippen LogP contribution < -0.4 is 5.32 Å². The molecule has 0 radical (unpaired) electrons. The van der Waals surface area contributed by atoms with Crippen molar-refractivity contribution in [2.24, 2.45) is 5.92 Å². The second-order valence-electron chi connectivity index (χ2n) is 8.27. The van der Waals surface area contributed by atoms with Crippen molar-refractivity contribution >= 4 is 29.0 Å². The van der Waals surface area contributed by atoms with Crippen molar-refractivity contribution in [2.45, 2.75) is 40.5 Å². The maximum Gasteiger partial charge on any atom is 0.232 e. The van der Waals surface area contributed by atoms with Gasteiger partial charge in [-0.25, -0.2) is 0 Å². The molecule has 0 aliphatic carbocycles. The van der Waals surface area contributed by atoms with Gasteiger partial charge in [-0.05, 0) is 85.8 Å². The minimum Gasteiger partial charge on any atom is -0.326 e. The predicted molar refractivity (Wildman–Crippen MR) is 128 cm³/mol. The monoisotopic (exact) mass is 433 g/mol. The highest BCUT2D eigenvalue weighted by Gasteiger charge is 2.32. The number of benzene rings is 3. The molecule has 3 aromatic carbocycles. The predicted octanol–water partition coefficient (Wildman–Crippen LogP) is 6.81. The zero-order valence-corrected chi connectivity index (χ0v) is 19.4. The lowest BCUT2D eigenvalue weighted by Crippen LogP contribution is -2.31. The number of hydrogen-bond donors (Lipinski definition) is 1. The molecule has 0 saturated carbocycles. The smallest absolute Gasteiger partial charge is 0.232 e. The van der Waals surface area contributed by atoms with Crippen LogP contribution in [0.4, 0.5) is 5.69 Å². The summed E-state index contributed by atoms with van der Waals surface area (Å²) in [7, 11) is 0. The summed E-state index contributed by atoms with van der Waals surface area (Å²) in [5.74, 6) is -1.41. The van der Waals surface area contributed by atoms with E-state index in [1.807, 2.05) is 71.0 Å². The van der Waals surface area contributed by atoms with Crippen LogP contribution in [0.15, 0.2) is 60.7 Å². The fraction of sp³-hybridized carbons (Fsp3) is 0.259. The summed E-state index contributed by atoms with van der Waals surface area (Å²) in [6.07, 6.45) is 0. The van der Waals surface area contributed by atoms with Gasteiger partial charge in [-0.2, -0.15) is 0 Å². The first kappa shape index (κ1) is 22.8. The molecule has 4 heteroatoms. The van der Waals surface area contributed by atoms with Crippen LogP contribution >= 0.6 is 11.6 Å². The highest BCUT2D eigenvalue weighted by atomic mass is 35.5. The number of amides is 1. The fourth-order valence-corrected chi connectivity index (χ4v) is 3.81. The average Bonchev–Trinajstić information content (AvgIpc) is 2.74. The molecule has 2 atom stereocenters. The van der Waals surface area contributed by atoms with Gasteiger partial charge in [0.05, 0.1) is 5.92 Å². The molecule has 0 aliphatic rings. The van der Waals surface area contributed by atoms with Crippen LogP contribution in [0.3, 0.4) is 0 Å². The van der Waals surface area contributed by atoms with E-state index in [2.05, 4.69) is 5.32 Å². The van der Waals surface area contributed by atoms with Crippen molar-refractivity contribution < 1.29 is 9.59 Å². The van der Waals surface area contributed by atoms with Crippen molar-refractivity contribution in [1.29, 1.82) is 0 Å². The van der Waals surface area contributed by atoms with Gasteiger partial charge >= 0.3 is 0 Å². The zero-order chi connectivity index (χ0) is 22.7. The third-order valence-corrected chi connectivity index (χ3v) is 6.24. The van der Waals surface area contributed by atoms with Crippen molar-refractivity contribution in [3.63, 3.8) is 0 Å². The third kappa shape index (κ3) is 5.23. The standard InChI is InChI=1S/C27H28ClNO2/c1-16-6-8-21(14-18(16)3)25(27(31)29-24-12-10-23(28)11-13-24)20(5)26(30)22-9-7-17(2)19(4)15-22/h6-15,20,25H,1-5H3,(H,29,31). The van der Waals surface area contributed by atoms with E-state index in [1.54, 1.807) is 24.3 Å². The number of aryl methyl sites for hydroxylation is 4. The summed E-state index contributed by atoms with van der Waals surface area (Å²) in [6.45, 7) is 9.89. The number of anilines is 1. The molecule has 0 aromatic heterocycles. The van der Waals surface area contributed by atoms with Gasteiger partial charge in [0, 0.05) is 22.2 Å². The second kappa shape index (κ2) is 9.49. The van der Waals surface area contributed by atoms with Crippen LogP contribution in [-0.4, -0.2) is 11.7 Å². The van der Waals surface area contributed by atoms with Gasteiger partial charge in [0.1, 0.15) is 0 Å². The number of rotatable bonds is 6. The van der Waals surface area contributed by atoms with Crippen LogP contribution in [0.1, 0.15) is 51.0 Å². The maximum absolute atomic E-state index is 13.4. The Labute approximate surface area is 189 Å². The molecule has 0 aliphatic heterocycles. The SMILES string of the molecule is Cc1ccc(C(=O)C(C)C(C(=O)Nc2ccc(Cl)cc2)c2ccc(C)c(C)c2)cc1C. The first-order valence-corrected chi connectivity index (χ1v) is 10.8. The quantitative estimate of drug-likeness (QED) is 0.433. The van der Waals surface area contributed by atoms with Gasteiger partial charge in [-0.3, -0.25) is 9.59 Å². The first-order valence-electron chi connectivity index (χ1n) is 10.4. The Morgan fingerprint density at radius 2 is 1.35 bits per heavy atom. The Morgan fingerprint density at radius 3 is 1.94 bits per heavy atom. The number of carbonyl (C=O) groups excluding carboxylic acids is 2. The van der Waals surface area contributed by atoms with E-state index in [0.29, 0.717) is 16.3 Å². The van der Waals surface area contributed by atoms with Gasteiger partial charge in [-0.1, -0.05) is 48.9 Å². The van der Waals surface area contributed by atoms with Crippen molar-refractivity contribution in [3.8, 4) is 0 Å². The first-order chi connectivity index (χ1) is 14.7. The summed E-state index contributed by atoms with van der Waals surface area (Å²) >= 11 is 5.97. The summed E-state index contributed by atoms with van der Waals surface area (Å²) in [5, 5.41) is 3.56. The zero-order valence-electron chi connectivity index (χ0n) is 18.6. The Hall–Kier alpha value is -2.91. The molecule has 3 nitrogen and oxygen atoms in total. The highest BCUT2D eigenvalue weighted by molar-refractivity contribution is 6.30. The molecule has 3 aromatic rings. The van der Waals surface area contributed by atoms with Gasteiger partial charge < -0.3 is 5.32 Å². The molecule has 0 saturated heterocycles. The van der Waals surface area contributed by atoms with E-state index in [9.17, 15) is 9.59 Å². The largest absolute Gasteiger partial charge is 0.326 e. The summed E-state index contributed by atoms with van der Waals surface area (Å²) in [5.41, 5.74) is 6.54. The minimum atomic E-state index is -0.621. The minimum absolute atomic E-state index is 0.0439. The number of carbonyl (C=O) groups is 2. The van der Waals surface area contributed by atoms with Crippen LogP contribution in [-0.2, 0) is 4.79 Å². The summed E-state index contributed by atoms with van der Waals surface area (Å²) in [6, 6.07) is 18.6. The molecular weight excluding hydrogens is 406 g/mol. The number of ketones is 1. The molecule has 1 N–H and O–H groups in total. The van der Waals surface area contributed by atoms with E-state index < -0.39 is 11.8 Å². The number of nitrogens with one attached hydrogen (secondary N) is 1. The van der Waals surface area contributed by atoms with Crippen LogP contribution in [0.2, 0.25) is 5.02 Å². The summed E-state index contributed by atoms with van der Waals surface area (Å²) in [4.78, 5) is 26.8. The van der Waals surface area contributed by atoms with Crippen LogP contribution in [0.25, 0.3) is 0 Å². The van der Waals surface area contributed by atoms with Gasteiger partial charge in [-0.15, -0.1) is 0 Å². The number of Topliss-reactive ketones (excluding diaryl/α,β-unsaturated/α-hetero) is 1. The maximum atomic E-state index is 13.4. The Morgan fingerprint density at radius 1 is 0.774 bits per heavy atom. The fourth-order valence-electron chi connectivity index (χ4n) is 3.69. The van der Waals surface area contributed by atoms with E-state index >= 15 is 0 Å². The van der Waals surface area contributed by atoms with Crippen molar-refractivity contribution in [2.75, 3.05) is 5.32 Å². The van der Waals surface area contributed by atoms with E-state index in [4.69, 9.17) is 11.6 Å². The molecule has 3 rings (SSSR count). The van der Waals surface area contributed by atoms with E-state index in [-0.39, 0.29) is 11.7 Å². The van der Waals surface area contributed by atoms with Crippen molar-refractivity contribution in [3.05, 3.63) is 99.1 Å². The second-order valence-corrected chi connectivity index (χ2v) is 8.71. The lowest BCUT2D eigenvalue weighted by Gasteiger charge is -2.24. The average molecular weight is 434 g/mol. The molecule has 0 fully saturated rings.